The molecule has 2 rings (SSSR count). The summed E-state index contributed by atoms with van der Waals surface area (Å²) < 4.78 is 38.4. The number of nitrogens with zero attached hydrogens (tertiary/aromatic N) is 3. The first-order valence-corrected chi connectivity index (χ1v) is 6.12. The van der Waals surface area contributed by atoms with Gasteiger partial charge in [-0.25, -0.2) is 5.06 Å². The second-order valence-electron chi connectivity index (χ2n) is 4.67. The summed E-state index contributed by atoms with van der Waals surface area (Å²) in [6.07, 6.45) is -3.84. The van der Waals surface area contributed by atoms with Crippen molar-refractivity contribution in [3.63, 3.8) is 0 Å². The second-order valence-corrected chi connectivity index (χ2v) is 4.67. The molecule has 1 fully saturated rings. The van der Waals surface area contributed by atoms with Crippen molar-refractivity contribution in [2.24, 2.45) is 7.05 Å². The van der Waals surface area contributed by atoms with Gasteiger partial charge in [-0.15, -0.1) is 0 Å². The van der Waals surface area contributed by atoms with Crippen LogP contribution in [0.2, 0.25) is 0 Å². The molecule has 2 heterocycles. The number of hydroxylamine groups is 2. The molecule has 0 bridgehead atoms. The van der Waals surface area contributed by atoms with Crippen molar-refractivity contribution in [1.82, 2.24) is 20.2 Å². The summed E-state index contributed by atoms with van der Waals surface area (Å²) in [5.41, 5.74) is -1.50. The minimum Gasteiger partial charge on any atom is -0.339 e. The fraction of sp³-hybridized carbons (Fsp3) is 0.545. The maximum atomic E-state index is 12.6. The largest absolute Gasteiger partial charge is 0.433 e. The lowest BCUT2D eigenvalue weighted by Gasteiger charge is -2.27. The van der Waals surface area contributed by atoms with Crippen molar-refractivity contribution in [3.05, 3.63) is 17.5 Å². The minimum absolute atomic E-state index is 0.160. The fourth-order valence-electron chi connectivity index (χ4n) is 2.07. The Labute approximate surface area is 117 Å². The molecule has 2 amide bonds. The lowest BCUT2D eigenvalue weighted by Crippen LogP contribution is -2.51. The van der Waals surface area contributed by atoms with Gasteiger partial charge in [-0.05, 0) is 12.8 Å². The van der Waals surface area contributed by atoms with Crippen LogP contribution < -0.4 is 5.32 Å². The number of aryl methyl sites for hydroxylation is 1. The van der Waals surface area contributed by atoms with E-state index in [1.807, 2.05) is 0 Å². The second kappa shape index (κ2) is 5.35. The smallest absolute Gasteiger partial charge is 0.339 e. The Bertz CT molecular complexity index is 570. The Morgan fingerprint density at radius 2 is 2.19 bits per heavy atom. The third-order valence-electron chi connectivity index (χ3n) is 3.12. The summed E-state index contributed by atoms with van der Waals surface area (Å²) in [5.74, 6) is -1.59. The van der Waals surface area contributed by atoms with E-state index in [4.69, 9.17) is 0 Å². The van der Waals surface area contributed by atoms with Crippen LogP contribution in [0.3, 0.4) is 0 Å². The van der Waals surface area contributed by atoms with Gasteiger partial charge < -0.3 is 5.32 Å². The molecule has 10 heteroatoms. The van der Waals surface area contributed by atoms with Crippen LogP contribution in [0, 0.1) is 0 Å². The number of aromatic nitrogens is 2. The van der Waals surface area contributed by atoms with Gasteiger partial charge in [-0.1, -0.05) is 0 Å². The maximum absolute atomic E-state index is 12.6. The van der Waals surface area contributed by atoms with Crippen LogP contribution in [0.1, 0.15) is 29.0 Å². The van der Waals surface area contributed by atoms with Gasteiger partial charge in [0, 0.05) is 19.7 Å². The van der Waals surface area contributed by atoms with Gasteiger partial charge in [-0.3, -0.25) is 19.5 Å². The van der Waals surface area contributed by atoms with Gasteiger partial charge in [0.2, 0.25) is 0 Å². The number of rotatable bonds is 2. The number of halogens is 3. The number of carbonyl (C=O) groups excluding carboxylic acids is 2. The molecule has 0 aromatic carbocycles. The average molecular weight is 306 g/mol. The molecule has 1 atom stereocenters. The van der Waals surface area contributed by atoms with Gasteiger partial charge in [0.25, 0.3) is 11.8 Å². The number of hydrogen-bond donors (Lipinski definition) is 2. The van der Waals surface area contributed by atoms with E-state index in [0.717, 1.165) is 7.05 Å². The molecule has 1 aliphatic rings. The average Bonchev–Trinajstić information content (AvgIpc) is 2.77. The third-order valence-corrected chi connectivity index (χ3v) is 3.12. The minimum atomic E-state index is -4.62. The van der Waals surface area contributed by atoms with Crippen molar-refractivity contribution < 1.29 is 28.0 Å². The Balaban J connectivity index is 2.12. The van der Waals surface area contributed by atoms with E-state index in [-0.39, 0.29) is 6.54 Å². The Kier molecular flexibility index (Phi) is 3.90. The highest BCUT2D eigenvalue weighted by Gasteiger charge is 2.36. The first kappa shape index (κ1) is 15.3. The van der Waals surface area contributed by atoms with Crippen LogP contribution in [0.5, 0.6) is 0 Å². The van der Waals surface area contributed by atoms with Crippen molar-refractivity contribution in [1.29, 1.82) is 0 Å². The van der Waals surface area contributed by atoms with Crippen molar-refractivity contribution >= 4 is 11.8 Å². The number of alkyl halides is 3. The number of piperidine rings is 1. The number of nitrogens with one attached hydrogen (secondary N) is 1. The molecule has 0 spiro atoms. The van der Waals surface area contributed by atoms with E-state index < -0.39 is 35.4 Å². The van der Waals surface area contributed by atoms with E-state index in [0.29, 0.717) is 28.7 Å². The molecule has 1 aromatic heterocycles. The zero-order chi connectivity index (χ0) is 15.8. The van der Waals surface area contributed by atoms with E-state index in [9.17, 15) is 28.0 Å². The van der Waals surface area contributed by atoms with E-state index >= 15 is 0 Å². The highest BCUT2D eigenvalue weighted by atomic mass is 19.4. The monoisotopic (exact) mass is 306 g/mol. The molecule has 1 aliphatic heterocycles. The molecular weight excluding hydrogens is 293 g/mol. The van der Waals surface area contributed by atoms with E-state index in [1.54, 1.807) is 0 Å². The van der Waals surface area contributed by atoms with Gasteiger partial charge in [-0.2, -0.15) is 18.3 Å². The predicted molar refractivity (Wildman–Crippen MR) is 62.2 cm³/mol. The first-order chi connectivity index (χ1) is 9.70. The molecule has 2 N–H and O–H groups in total. The Morgan fingerprint density at radius 1 is 1.52 bits per heavy atom. The van der Waals surface area contributed by atoms with Gasteiger partial charge in [0.15, 0.2) is 5.69 Å². The van der Waals surface area contributed by atoms with E-state index in [2.05, 4.69) is 10.4 Å². The fourth-order valence-corrected chi connectivity index (χ4v) is 2.07. The van der Waals surface area contributed by atoms with Crippen LogP contribution in [0.25, 0.3) is 0 Å². The van der Waals surface area contributed by atoms with Crippen LogP contribution >= 0.6 is 0 Å². The molecule has 116 valence electrons. The molecule has 0 saturated carbocycles. The van der Waals surface area contributed by atoms with Crippen LogP contribution in [0.15, 0.2) is 6.07 Å². The molecule has 1 aromatic rings. The summed E-state index contributed by atoms with van der Waals surface area (Å²) in [6, 6.07) is -0.355. The predicted octanol–water partition coefficient (Wildman–Crippen LogP) is 0.549. The lowest BCUT2D eigenvalue weighted by molar-refractivity contribution is -0.172. The Hall–Kier alpha value is -2.10. The zero-order valence-corrected chi connectivity index (χ0v) is 11.0. The summed E-state index contributed by atoms with van der Waals surface area (Å²) in [6.45, 7) is 0.160. The molecule has 7 nitrogen and oxygen atoms in total. The van der Waals surface area contributed by atoms with Crippen LogP contribution in [-0.2, 0) is 18.0 Å². The summed E-state index contributed by atoms with van der Waals surface area (Å²) in [5, 5.41) is 15.5. The number of carbonyl (C=O) groups is 2. The number of hydrogen-bond acceptors (Lipinski definition) is 4. The van der Waals surface area contributed by atoms with Crippen LogP contribution in [0.4, 0.5) is 13.2 Å². The number of amides is 2. The van der Waals surface area contributed by atoms with E-state index in [1.165, 1.54) is 0 Å². The molecule has 21 heavy (non-hydrogen) atoms. The summed E-state index contributed by atoms with van der Waals surface area (Å²) >= 11 is 0. The molecule has 1 unspecified atom stereocenters. The summed E-state index contributed by atoms with van der Waals surface area (Å²) in [4.78, 5) is 23.4. The SMILES string of the molecule is Cn1nc(C(=O)NC2CCCN(O)C2=O)cc1C(F)(F)F. The lowest BCUT2D eigenvalue weighted by atomic mass is 10.1. The molecule has 1 saturated heterocycles. The van der Waals surface area contributed by atoms with Crippen molar-refractivity contribution in [3.8, 4) is 0 Å². The Morgan fingerprint density at radius 3 is 2.76 bits per heavy atom. The standard InChI is InChI=1S/C11H13F3N4O3/c1-17-8(11(12,13)14)5-7(16-17)9(19)15-6-3-2-4-18(21)10(6)20/h5-6,21H,2-4H2,1H3,(H,15,19). The maximum Gasteiger partial charge on any atom is 0.433 e. The van der Waals surface area contributed by atoms with Crippen molar-refractivity contribution in [2.45, 2.75) is 25.1 Å². The van der Waals surface area contributed by atoms with Gasteiger partial charge in [0.1, 0.15) is 11.7 Å². The quantitative estimate of drug-likeness (QED) is 0.781. The third kappa shape index (κ3) is 3.15. The summed E-state index contributed by atoms with van der Waals surface area (Å²) in [7, 11) is 1.07. The first-order valence-electron chi connectivity index (χ1n) is 6.12. The highest BCUT2D eigenvalue weighted by Crippen LogP contribution is 2.29. The van der Waals surface area contributed by atoms with Gasteiger partial charge >= 0.3 is 6.18 Å². The van der Waals surface area contributed by atoms with Crippen LogP contribution in [-0.4, -0.2) is 44.5 Å². The van der Waals surface area contributed by atoms with Gasteiger partial charge in [0.05, 0.1) is 0 Å². The molecular formula is C11H13F3N4O3. The normalized spacial score (nSPS) is 19.8. The van der Waals surface area contributed by atoms with Crippen molar-refractivity contribution in [2.75, 3.05) is 6.54 Å². The topological polar surface area (TPSA) is 87.5 Å². The molecule has 0 aliphatic carbocycles. The molecule has 0 radical (unpaired) electrons. The highest BCUT2D eigenvalue weighted by molar-refractivity contribution is 5.96. The zero-order valence-electron chi connectivity index (χ0n) is 11.0.